The van der Waals surface area contributed by atoms with Gasteiger partial charge >= 0.3 is 0 Å². The second-order valence-corrected chi connectivity index (χ2v) is 8.27. The zero-order valence-corrected chi connectivity index (χ0v) is 17.0. The van der Waals surface area contributed by atoms with E-state index in [9.17, 15) is 4.79 Å². The monoisotopic (exact) mass is 367 g/mol. The number of hydrogen-bond donors (Lipinski definition) is 2. The van der Waals surface area contributed by atoms with Gasteiger partial charge in [-0.1, -0.05) is 12.8 Å². The number of nitrogens with zero attached hydrogens (tertiary/aromatic N) is 3. The Morgan fingerprint density at radius 2 is 1.88 bits per heavy atom. The second kappa shape index (κ2) is 10.1. The van der Waals surface area contributed by atoms with Crippen LogP contribution in [0.15, 0.2) is 4.99 Å². The van der Waals surface area contributed by atoms with Crippen molar-refractivity contribution in [1.29, 1.82) is 0 Å². The van der Waals surface area contributed by atoms with Gasteiger partial charge in [0.1, 0.15) is 6.54 Å². The number of guanidine groups is 1. The molecule has 1 atom stereocenters. The number of amides is 1. The van der Waals surface area contributed by atoms with Crippen LogP contribution in [0.1, 0.15) is 38.5 Å². The normalized spacial score (nSPS) is 22.7. The molecule has 0 aromatic carbocycles. The molecule has 1 amide bonds. The highest BCUT2D eigenvalue weighted by Crippen LogP contribution is 2.37. The van der Waals surface area contributed by atoms with Crippen molar-refractivity contribution in [2.45, 2.75) is 44.6 Å². The molecule has 0 radical (unpaired) electrons. The third-order valence-electron chi connectivity index (χ3n) is 5.34. The molecule has 0 aromatic rings. The van der Waals surface area contributed by atoms with E-state index in [1.807, 2.05) is 0 Å². The highest BCUT2D eigenvalue weighted by molar-refractivity contribution is 5.84. The largest absolute Gasteiger partial charge is 0.376 e. The molecular weight excluding hydrogens is 330 g/mol. The molecule has 1 aliphatic carbocycles. The number of likely N-dealkylation sites (N-methyl/N-ethyl adjacent to an activating group) is 1. The van der Waals surface area contributed by atoms with Gasteiger partial charge in [0.05, 0.1) is 6.10 Å². The lowest BCUT2D eigenvalue weighted by atomic mass is 9.85. The zero-order chi connectivity index (χ0) is 19.0. The van der Waals surface area contributed by atoms with Gasteiger partial charge in [0.25, 0.3) is 0 Å². The van der Waals surface area contributed by atoms with Crippen LogP contribution >= 0.6 is 0 Å². The number of aliphatic imine (C=N–C) groups is 1. The third-order valence-corrected chi connectivity index (χ3v) is 5.34. The summed E-state index contributed by atoms with van der Waals surface area (Å²) in [5, 5.41) is 6.89. The van der Waals surface area contributed by atoms with Crippen molar-refractivity contribution in [3.63, 3.8) is 0 Å². The van der Waals surface area contributed by atoms with Crippen LogP contribution in [0.3, 0.4) is 0 Å². The molecule has 150 valence electrons. The summed E-state index contributed by atoms with van der Waals surface area (Å²) < 4.78 is 5.69. The van der Waals surface area contributed by atoms with Crippen molar-refractivity contribution in [3.8, 4) is 0 Å². The van der Waals surface area contributed by atoms with Crippen LogP contribution in [0, 0.1) is 5.41 Å². The van der Waals surface area contributed by atoms with Gasteiger partial charge in [-0.05, 0) is 39.8 Å². The number of ether oxygens (including phenoxy) is 1. The van der Waals surface area contributed by atoms with Gasteiger partial charge in [-0.2, -0.15) is 0 Å². The summed E-state index contributed by atoms with van der Waals surface area (Å²) in [5.41, 5.74) is 0.293. The first-order chi connectivity index (χ1) is 12.4. The lowest BCUT2D eigenvalue weighted by Crippen LogP contribution is -2.48. The van der Waals surface area contributed by atoms with E-state index in [4.69, 9.17) is 4.74 Å². The summed E-state index contributed by atoms with van der Waals surface area (Å²) >= 11 is 0. The summed E-state index contributed by atoms with van der Waals surface area (Å²) in [6.07, 6.45) is 7.53. The van der Waals surface area contributed by atoms with Crippen molar-refractivity contribution in [2.75, 3.05) is 61.0 Å². The van der Waals surface area contributed by atoms with Crippen LogP contribution in [0.2, 0.25) is 0 Å². The second-order valence-electron chi connectivity index (χ2n) is 8.27. The molecule has 0 bridgehead atoms. The molecule has 7 heteroatoms. The predicted molar refractivity (Wildman–Crippen MR) is 105 cm³/mol. The van der Waals surface area contributed by atoms with Crippen molar-refractivity contribution >= 4 is 11.9 Å². The third kappa shape index (κ3) is 6.76. The first-order valence-electron chi connectivity index (χ1n) is 9.89. The molecule has 1 aliphatic heterocycles. The van der Waals surface area contributed by atoms with E-state index in [0.717, 1.165) is 45.0 Å². The van der Waals surface area contributed by atoms with Crippen molar-refractivity contribution in [1.82, 2.24) is 20.4 Å². The van der Waals surface area contributed by atoms with E-state index in [1.165, 1.54) is 25.7 Å². The summed E-state index contributed by atoms with van der Waals surface area (Å²) in [6.45, 7) is 3.71. The average molecular weight is 368 g/mol. The van der Waals surface area contributed by atoms with E-state index in [-0.39, 0.29) is 18.6 Å². The summed E-state index contributed by atoms with van der Waals surface area (Å²) in [7, 11) is 7.80. The van der Waals surface area contributed by atoms with E-state index in [0.29, 0.717) is 5.41 Å². The van der Waals surface area contributed by atoms with Gasteiger partial charge in [-0.3, -0.25) is 4.79 Å². The first kappa shape index (κ1) is 21.0. The highest BCUT2D eigenvalue weighted by Gasteiger charge is 2.34. The Balaban J connectivity index is 1.94. The first-order valence-corrected chi connectivity index (χ1v) is 9.89. The summed E-state index contributed by atoms with van der Waals surface area (Å²) in [6, 6.07) is 0. The topological polar surface area (TPSA) is 69.2 Å². The number of nitrogens with one attached hydrogen (secondary N) is 2. The number of rotatable bonds is 8. The quantitative estimate of drug-likeness (QED) is 0.493. The Morgan fingerprint density at radius 1 is 1.15 bits per heavy atom. The van der Waals surface area contributed by atoms with Gasteiger partial charge < -0.3 is 25.2 Å². The van der Waals surface area contributed by atoms with E-state index >= 15 is 0 Å². The minimum Gasteiger partial charge on any atom is -0.376 e. The van der Waals surface area contributed by atoms with Gasteiger partial charge in [0.2, 0.25) is 5.91 Å². The van der Waals surface area contributed by atoms with Crippen LogP contribution in [0.5, 0.6) is 0 Å². The fourth-order valence-corrected chi connectivity index (χ4v) is 3.94. The standard InChI is InChI=1S/C19H37N5O2/c1-23(2)15-19(9-5-6-10-19)14-22-18(21-13-17(25)24(3)4)20-12-16-8-7-11-26-16/h16H,5-15H2,1-4H3,(H2,20,21,22). The minimum atomic E-state index is 0.00656. The van der Waals surface area contributed by atoms with Crippen LogP contribution in [0.25, 0.3) is 0 Å². The maximum Gasteiger partial charge on any atom is 0.243 e. The van der Waals surface area contributed by atoms with Crippen molar-refractivity contribution < 1.29 is 9.53 Å². The van der Waals surface area contributed by atoms with E-state index in [2.05, 4.69) is 34.6 Å². The molecule has 1 saturated heterocycles. The van der Waals surface area contributed by atoms with Crippen LogP contribution in [-0.4, -0.2) is 88.7 Å². The summed E-state index contributed by atoms with van der Waals surface area (Å²) in [5.74, 6) is 0.729. The van der Waals surface area contributed by atoms with Crippen molar-refractivity contribution in [3.05, 3.63) is 0 Å². The molecule has 2 fully saturated rings. The number of hydrogen-bond acceptors (Lipinski definition) is 4. The van der Waals surface area contributed by atoms with Gasteiger partial charge in [-0.15, -0.1) is 0 Å². The molecule has 1 saturated carbocycles. The lowest BCUT2D eigenvalue weighted by Gasteiger charge is -2.33. The predicted octanol–water partition coefficient (Wildman–Crippen LogP) is 0.911. The van der Waals surface area contributed by atoms with Crippen molar-refractivity contribution in [2.24, 2.45) is 10.4 Å². The Kier molecular flexibility index (Phi) is 8.15. The zero-order valence-electron chi connectivity index (χ0n) is 17.0. The van der Waals surface area contributed by atoms with E-state index in [1.54, 1.807) is 19.0 Å². The van der Waals surface area contributed by atoms with Crippen LogP contribution in [0.4, 0.5) is 0 Å². The lowest BCUT2D eigenvalue weighted by molar-refractivity contribution is -0.127. The Morgan fingerprint density at radius 3 is 2.46 bits per heavy atom. The molecule has 2 aliphatic rings. The highest BCUT2D eigenvalue weighted by atomic mass is 16.5. The molecular formula is C19H37N5O2. The maximum atomic E-state index is 11.9. The molecule has 0 aromatic heterocycles. The minimum absolute atomic E-state index is 0.00656. The van der Waals surface area contributed by atoms with Gasteiger partial charge in [0, 0.05) is 45.8 Å². The molecule has 26 heavy (non-hydrogen) atoms. The fraction of sp³-hybridized carbons (Fsp3) is 0.895. The number of carbonyl (C=O) groups excluding carboxylic acids is 1. The Bertz CT molecular complexity index is 467. The SMILES string of the molecule is CN(C)CC1(CNC(=NCC(=O)N(C)C)NCC2CCCO2)CCCC1. The fourth-order valence-electron chi connectivity index (χ4n) is 3.94. The van der Waals surface area contributed by atoms with Crippen LogP contribution < -0.4 is 10.6 Å². The Hall–Kier alpha value is -1.34. The average Bonchev–Trinajstić information content (AvgIpc) is 3.25. The Labute approximate surface area is 158 Å². The molecule has 0 spiro atoms. The number of carbonyl (C=O) groups is 1. The molecule has 2 N–H and O–H groups in total. The molecule has 7 nitrogen and oxygen atoms in total. The maximum absolute atomic E-state index is 11.9. The van der Waals surface area contributed by atoms with E-state index < -0.39 is 0 Å². The van der Waals surface area contributed by atoms with Gasteiger partial charge in [0.15, 0.2) is 5.96 Å². The van der Waals surface area contributed by atoms with Gasteiger partial charge in [-0.25, -0.2) is 4.99 Å². The summed E-state index contributed by atoms with van der Waals surface area (Å²) in [4.78, 5) is 20.3. The molecule has 1 heterocycles. The smallest absolute Gasteiger partial charge is 0.243 e. The molecule has 1 unspecified atom stereocenters. The molecule has 2 rings (SSSR count). The van der Waals surface area contributed by atoms with Crippen LogP contribution in [-0.2, 0) is 9.53 Å².